The van der Waals surface area contributed by atoms with Gasteiger partial charge in [0.15, 0.2) is 5.78 Å². The molecule has 1 rings (SSSR count). The van der Waals surface area contributed by atoms with Crippen LogP contribution in [0.15, 0.2) is 0 Å². The van der Waals surface area contributed by atoms with E-state index in [1.165, 1.54) is 0 Å². The maximum Gasteiger partial charge on any atom is 0.151 e. The van der Waals surface area contributed by atoms with E-state index in [-0.39, 0.29) is 32.2 Å². The number of carbonyl (C=O) groups is 2. The summed E-state index contributed by atoms with van der Waals surface area (Å²) in [4.78, 5) is 25.0. The molecule has 1 aliphatic rings. The topological polar surface area (TPSA) is 34.1 Å². The lowest BCUT2D eigenvalue weighted by atomic mass is 9.68. The third kappa shape index (κ3) is 3.78. The maximum absolute atomic E-state index is 12.5. The fourth-order valence-corrected chi connectivity index (χ4v) is 3.16. The molecule has 18 heavy (non-hydrogen) atoms. The van der Waals surface area contributed by atoms with Gasteiger partial charge in [-0.05, 0) is 26.7 Å². The average Bonchev–Trinajstić information content (AvgIpc) is 2.24. The van der Waals surface area contributed by atoms with Gasteiger partial charge in [-0.2, -0.15) is 0 Å². The van der Waals surface area contributed by atoms with Crippen LogP contribution in [-0.4, -0.2) is 15.0 Å². The Labute approximate surface area is 124 Å². The number of hydrogen-bond donors (Lipinski definition) is 0. The van der Waals surface area contributed by atoms with E-state index in [0.29, 0.717) is 0 Å². The summed E-state index contributed by atoms with van der Waals surface area (Å²) in [7, 11) is 0. The van der Waals surface area contributed by atoms with E-state index < -0.39 is 0 Å². The number of Topliss-reactive ketones (excluding diaryl/α,β-unsaturated/α-hetero) is 2. The van der Waals surface area contributed by atoms with Crippen LogP contribution < -0.4 is 0 Å². The Kier molecular flexibility index (Phi) is 5.01. The predicted molar refractivity (Wildman–Crippen MR) is 83.0 cm³/mol. The van der Waals surface area contributed by atoms with E-state index in [1.54, 1.807) is 0 Å². The molecule has 1 fully saturated rings. The number of carbonyl (C=O) groups excluding carboxylic acids is 2. The summed E-state index contributed by atoms with van der Waals surface area (Å²) in [5.41, 5.74) is -0.337. The number of ketones is 2. The first kappa shape index (κ1) is 16.1. The smallest absolute Gasteiger partial charge is 0.151 e. The van der Waals surface area contributed by atoms with Crippen molar-refractivity contribution in [2.45, 2.75) is 63.7 Å². The van der Waals surface area contributed by atoms with Crippen LogP contribution in [0.5, 0.6) is 0 Å². The van der Waals surface area contributed by atoms with Gasteiger partial charge in [0.2, 0.25) is 0 Å². The van der Waals surface area contributed by atoms with E-state index in [4.69, 9.17) is 0 Å². The third-order valence-electron chi connectivity index (χ3n) is 3.76. The number of hydrogen-bond acceptors (Lipinski definition) is 2. The number of alkyl halides is 1. The van der Waals surface area contributed by atoms with Gasteiger partial charge < -0.3 is 0 Å². The molecule has 0 saturated heterocycles. The first-order valence-electron chi connectivity index (χ1n) is 6.82. The molecule has 2 atom stereocenters. The van der Waals surface area contributed by atoms with Gasteiger partial charge in [-0.1, -0.05) is 56.2 Å². The normalized spacial score (nSPS) is 25.9. The van der Waals surface area contributed by atoms with Crippen LogP contribution in [0.1, 0.15) is 60.3 Å². The Hall–Kier alpha value is 0.0700. The van der Waals surface area contributed by atoms with Crippen molar-refractivity contribution in [3.63, 3.8) is 0 Å². The second-order valence-corrected chi connectivity index (χ2v) is 9.65. The molecule has 0 amide bonds. The first-order chi connectivity index (χ1) is 8.05. The first-order valence-corrected chi connectivity index (χ1v) is 7.90. The molecule has 0 aliphatic heterocycles. The zero-order valence-electron chi connectivity index (χ0n) is 12.2. The largest absolute Gasteiger partial charge is 0.299 e. The highest BCUT2D eigenvalue weighted by atomic mass is 127. The van der Waals surface area contributed by atoms with E-state index in [9.17, 15) is 9.59 Å². The Balaban J connectivity index is 2.94. The Bertz CT molecular complexity index is 299. The average molecular weight is 364 g/mol. The van der Waals surface area contributed by atoms with Crippen molar-refractivity contribution in [1.29, 1.82) is 0 Å². The van der Waals surface area contributed by atoms with E-state index >= 15 is 0 Å². The van der Waals surface area contributed by atoms with Crippen LogP contribution in [0.4, 0.5) is 0 Å². The Morgan fingerprint density at radius 2 is 1.28 bits per heavy atom. The molecule has 2 nitrogen and oxygen atoms in total. The highest BCUT2D eigenvalue weighted by molar-refractivity contribution is 14.1. The van der Waals surface area contributed by atoms with Crippen molar-refractivity contribution < 1.29 is 9.59 Å². The minimum absolute atomic E-state index is 0.0553. The van der Waals surface area contributed by atoms with Crippen LogP contribution in [0, 0.1) is 17.3 Å². The van der Waals surface area contributed by atoms with Gasteiger partial charge in [0.25, 0.3) is 0 Å². The maximum atomic E-state index is 12.5. The summed E-state index contributed by atoms with van der Waals surface area (Å²) < 4.78 is -0.365. The van der Waals surface area contributed by atoms with Crippen molar-refractivity contribution in [2.75, 3.05) is 0 Å². The molecule has 1 aliphatic carbocycles. The van der Waals surface area contributed by atoms with Crippen molar-refractivity contribution in [2.24, 2.45) is 17.3 Å². The van der Waals surface area contributed by atoms with Crippen molar-refractivity contribution in [1.82, 2.24) is 0 Å². The van der Waals surface area contributed by atoms with Gasteiger partial charge in [0.1, 0.15) is 5.78 Å². The minimum atomic E-state index is -0.365. The highest BCUT2D eigenvalue weighted by Crippen LogP contribution is 2.39. The molecule has 0 aromatic carbocycles. The third-order valence-corrected chi connectivity index (χ3v) is 4.30. The summed E-state index contributed by atoms with van der Waals surface area (Å²) in [5, 5.41) is 0. The van der Waals surface area contributed by atoms with Crippen LogP contribution in [0.25, 0.3) is 0 Å². The highest BCUT2D eigenvalue weighted by Gasteiger charge is 2.43. The molecule has 3 heteroatoms. The van der Waals surface area contributed by atoms with Crippen molar-refractivity contribution >= 4 is 34.2 Å². The molecular weight excluding hydrogens is 339 g/mol. The summed E-state index contributed by atoms with van der Waals surface area (Å²) in [6.45, 7) is 9.77. The zero-order chi connectivity index (χ0) is 14.1. The quantitative estimate of drug-likeness (QED) is 0.556. The monoisotopic (exact) mass is 364 g/mol. The molecule has 0 aromatic heterocycles. The molecule has 1 saturated carbocycles. The van der Waals surface area contributed by atoms with Gasteiger partial charge in [-0.15, -0.1) is 0 Å². The lowest BCUT2D eigenvalue weighted by Crippen LogP contribution is -2.43. The number of halogens is 1. The van der Waals surface area contributed by atoms with E-state index in [2.05, 4.69) is 22.6 Å². The molecule has 0 radical (unpaired) electrons. The minimum Gasteiger partial charge on any atom is -0.299 e. The lowest BCUT2D eigenvalue weighted by Gasteiger charge is -2.36. The van der Waals surface area contributed by atoms with Gasteiger partial charge >= 0.3 is 0 Å². The molecule has 0 N–H and O–H groups in total. The molecular formula is C15H25IO2. The summed E-state index contributed by atoms with van der Waals surface area (Å²) in [5.74, 6) is 0.407. The van der Waals surface area contributed by atoms with E-state index in [0.717, 1.165) is 25.7 Å². The fourth-order valence-electron chi connectivity index (χ4n) is 2.76. The SMILES string of the molecule is CC(C)(C)C(=O)C1CCCCC1C(=O)C(C)(C)I. The van der Waals surface area contributed by atoms with Gasteiger partial charge in [0, 0.05) is 17.3 Å². The number of rotatable bonds is 3. The van der Waals surface area contributed by atoms with Crippen molar-refractivity contribution in [3.8, 4) is 0 Å². The van der Waals surface area contributed by atoms with Crippen LogP contribution in [0.3, 0.4) is 0 Å². The van der Waals surface area contributed by atoms with Gasteiger partial charge in [-0.3, -0.25) is 9.59 Å². The van der Waals surface area contributed by atoms with Gasteiger partial charge in [-0.25, -0.2) is 0 Å². The van der Waals surface area contributed by atoms with Crippen LogP contribution in [-0.2, 0) is 9.59 Å². The summed E-state index contributed by atoms with van der Waals surface area (Å²) in [6, 6.07) is 0. The second-order valence-electron chi connectivity index (χ2n) is 6.95. The fraction of sp³-hybridized carbons (Fsp3) is 0.867. The zero-order valence-corrected chi connectivity index (χ0v) is 14.3. The van der Waals surface area contributed by atoms with Crippen LogP contribution >= 0.6 is 22.6 Å². The molecule has 2 unspecified atom stereocenters. The van der Waals surface area contributed by atoms with Crippen molar-refractivity contribution in [3.05, 3.63) is 0 Å². The van der Waals surface area contributed by atoms with Crippen LogP contribution in [0.2, 0.25) is 0 Å². The second kappa shape index (κ2) is 5.59. The molecule has 104 valence electrons. The molecule has 0 heterocycles. The summed E-state index contributed by atoms with van der Waals surface area (Å²) in [6.07, 6.45) is 3.94. The summed E-state index contributed by atoms with van der Waals surface area (Å²) >= 11 is 2.20. The molecule has 0 spiro atoms. The van der Waals surface area contributed by atoms with Gasteiger partial charge in [0.05, 0.1) is 3.42 Å². The van der Waals surface area contributed by atoms with E-state index in [1.807, 2.05) is 34.6 Å². The Morgan fingerprint density at radius 1 is 0.889 bits per heavy atom. The lowest BCUT2D eigenvalue weighted by molar-refractivity contribution is -0.139. The predicted octanol–water partition coefficient (Wildman–Crippen LogP) is 4.19. The Morgan fingerprint density at radius 3 is 1.61 bits per heavy atom. The molecule has 0 aromatic rings. The standard InChI is InChI=1S/C15H25IO2/c1-14(2,3)12(17)10-8-6-7-9-11(10)13(18)15(4,5)16/h10-11H,6-9H2,1-5H3. The molecule has 0 bridgehead atoms.